The van der Waals surface area contributed by atoms with Gasteiger partial charge in [0.05, 0.1) is 0 Å². The molecule has 0 aliphatic rings. The number of benzene rings is 3. The molecule has 0 fully saturated rings. The molecule has 0 unspecified atom stereocenters. The lowest BCUT2D eigenvalue weighted by Crippen LogP contribution is -1.77. The minimum absolute atomic E-state index is 0.878. The second-order valence-corrected chi connectivity index (χ2v) is 6.01. The quantitative estimate of drug-likeness (QED) is 0.416. The number of hydrogen-bond donors (Lipinski definition) is 0. The Morgan fingerprint density at radius 1 is 0.708 bits per heavy atom. The van der Waals surface area contributed by atoms with Crippen molar-refractivity contribution < 1.29 is 4.42 Å². The lowest BCUT2D eigenvalue weighted by molar-refractivity contribution is 0.604. The fourth-order valence-corrected chi connectivity index (χ4v) is 2.86. The number of rotatable bonds is 3. The van der Waals surface area contributed by atoms with E-state index in [2.05, 4.69) is 79.7 Å². The van der Waals surface area contributed by atoms with Crippen molar-refractivity contribution in [1.29, 1.82) is 0 Å². The van der Waals surface area contributed by atoms with E-state index in [-0.39, 0.29) is 0 Å². The van der Waals surface area contributed by atoms with E-state index in [1.165, 1.54) is 16.7 Å². The topological polar surface area (TPSA) is 13.1 Å². The van der Waals surface area contributed by atoms with E-state index in [0.717, 1.165) is 22.3 Å². The Bertz CT molecular complexity index is 989. The summed E-state index contributed by atoms with van der Waals surface area (Å²) in [6.45, 7) is 2.09. The van der Waals surface area contributed by atoms with Crippen molar-refractivity contribution in [3.8, 4) is 11.1 Å². The van der Waals surface area contributed by atoms with Crippen molar-refractivity contribution >= 4 is 23.1 Å². The van der Waals surface area contributed by atoms with Crippen LogP contribution in [0.1, 0.15) is 16.9 Å². The van der Waals surface area contributed by atoms with Gasteiger partial charge < -0.3 is 4.42 Å². The van der Waals surface area contributed by atoms with Crippen LogP contribution in [0.25, 0.3) is 34.2 Å². The summed E-state index contributed by atoms with van der Waals surface area (Å²) < 4.78 is 5.85. The Morgan fingerprint density at radius 3 is 2.25 bits per heavy atom. The molecule has 0 saturated carbocycles. The van der Waals surface area contributed by atoms with E-state index in [0.29, 0.717) is 0 Å². The largest absolute Gasteiger partial charge is 0.457 e. The van der Waals surface area contributed by atoms with E-state index in [4.69, 9.17) is 4.42 Å². The summed E-state index contributed by atoms with van der Waals surface area (Å²) in [5.41, 5.74) is 5.80. The van der Waals surface area contributed by atoms with Gasteiger partial charge in [-0.2, -0.15) is 0 Å². The lowest BCUT2D eigenvalue weighted by Gasteiger charge is -2.01. The van der Waals surface area contributed by atoms with Gasteiger partial charge in [0.25, 0.3) is 0 Å². The molecule has 0 saturated heterocycles. The SMILES string of the molecule is Cc1ccc2oc(C=Cc3ccc(-c4ccccc4)cc3)cc2c1. The van der Waals surface area contributed by atoms with Crippen molar-refractivity contribution in [2.24, 2.45) is 0 Å². The van der Waals surface area contributed by atoms with Crippen LogP contribution in [0, 0.1) is 6.92 Å². The van der Waals surface area contributed by atoms with Crippen molar-refractivity contribution in [2.45, 2.75) is 6.92 Å². The third kappa shape index (κ3) is 3.02. The summed E-state index contributed by atoms with van der Waals surface area (Å²) in [5, 5.41) is 1.15. The molecule has 4 aromatic rings. The molecule has 116 valence electrons. The van der Waals surface area contributed by atoms with Gasteiger partial charge in [-0.3, -0.25) is 0 Å². The molecule has 4 rings (SSSR count). The lowest BCUT2D eigenvalue weighted by atomic mass is 10.0. The Morgan fingerprint density at radius 2 is 1.46 bits per heavy atom. The van der Waals surface area contributed by atoms with Gasteiger partial charge in [-0.25, -0.2) is 0 Å². The molecule has 0 radical (unpaired) electrons. The van der Waals surface area contributed by atoms with Gasteiger partial charge in [0, 0.05) is 5.39 Å². The van der Waals surface area contributed by atoms with Gasteiger partial charge in [0.1, 0.15) is 11.3 Å². The molecule has 0 bridgehead atoms. The van der Waals surface area contributed by atoms with Crippen LogP contribution in [0.2, 0.25) is 0 Å². The normalized spacial score (nSPS) is 11.4. The zero-order valence-electron chi connectivity index (χ0n) is 13.6. The highest BCUT2D eigenvalue weighted by Crippen LogP contribution is 2.23. The first kappa shape index (κ1) is 14.5. The molecular formula is C23H18O. The predicted molar refractivity (Wildman–Crippen MR) is 102 cm³/mol. The second-order valence-electron chi connectivity index (χ2n) is 6.01. The average molecular weight is 310 g/mol. The first-order chi connectivity index (χ1) is 11.8. The molecule has 3 aromatic carbocycles. The van der Waals surface area contributed by atoms with Crippen molar-refractivity contribution in [3.05, 3.63) is 95.7 Å². The van der Waals surface area contributed by atoms with Crippen molar-refractivity contribution in [1.82, 2.24) is 0 Å². The Kier molecular flexibility index (Phi) is 3.76. The maximum absolute atomic E-state index is 5.85. The van der Waals surface area contributed by atoms with E-state index >= 15 is 0 Å². The smallest absolute Gasteiger partial charge is 0.134 e. The zero-order chi connectivity index (χ0) is 16.4. The Balaban J connectivity index is 1.56. The molecule has 0 atom stereocenters. The molecule has 24 heavy (non-hydrogen) atoms. The first-order valence-corrected chi connectivity index (χ1v) is 8.12. The minimum Gasteiger partial charge on any atom is -0.457 e. The van der Waals surface area contributed by atoms with Gasteiger partial charge in [-0.05, 0) is 47.9 Å². The van der Waals surface area contributed by atoms with E-state index < -0.39 is 0 Å². The number of aryl methyl sites for hydroxylation is 1. The summed E-state index contributed by atoms with van der Waals surface area (Å²) >= 11 is 0. The van der Waals surface area contributed by atoms with Crippen molar-refractivity contribution in [2.75, 3.05) is 0 Å². The number of fused-ring (bicyclic) bond motifs is 1. The van der Waals surface area contributed by atoms with Crippen LogP contribution in [0.4, 0.5) is 0 Å². The average Bonchev–Trinajstić information content (AvgIpc) is 3.03. The van der Waals surface area contributed by atoms with Gasteiger partial charge in [0.2, 0.25) is 0 Å². The maximum Gasteiger partial charge on any atom is 0.134 e. The Labute approximate surface area is 141 Å². The second kappa shape index (κ2) is 6.21. The van der Waals surface area contributed by atoms with Crippen LogP contribution in [-0.2, 0) is 0 Å². The summed E-state index contributed by atoms with van der Waals surface area (Å²) in [7, 11) is 0. The van der Waals surface area contributed by atoms with Gasteiger partial charge in [-0.1, -0.05) is 72.3 Å². The van der Waals surface area contributed by atoms with Crippen LogP contribution in [0.3, 0.4) is 0 Å². The molecule has 1 heteroatoms. The molecular weight excluding hydrogens is 292 g/mol. The molecule has 0 spiro atoms. The highest BCUT2D eigenvalue weighted by molar-refractivity contribution is 5.82. The fraction of sp³-hybridized carbons (Fsp3) is 0.0435. The first-order valence-electron chi connectivity index (χ1n) is 8.12. The maximum atomic E-state index is 5.85. The van der Waals surface area contributed by atoms with E-state index in [1.54, 1.807) is 0 Å². The molecule has 0 N–H and O–H groups in total. The number of furan rings is 1. The molecule has 1 heterocycles. The van der Waals surface area contributed by atoms with Crippen LogP contribution in [0.5, 0.6) is 0 Å². The van der Waals surface area contributed by atoms with Gasteiger partial charge >= 0.3 is 0 Å². The molecule has 1 aromatic heterocycles. The molecule has 0 aliphatic carbocycles. The standard InChI is InChI=1S/C23H18O/c1-17-7-14-23-21(15-17)16-22(24-23)13-10-18-8-11-20(12-9-18)19-5-3-2-4-6-19/h2-16H,1H3. The van der Waals surface area contributed by atoms with Crippen molar-refractivity contribution in [3.63, 3.8) is 0 Å². The molecule has 0 aliphatic heterocycles. The van der Waals surface area contributed by atoms with E-state index in [9.17, 15) is 0 Å². The van der Waals surface area contributed by atoms with E-state index in [1.807, 2.05) is 18.2 Å². The van der Waals surface area contributed by atoms with Crippen LogP contribution >= 0.6 is 0 Å². The predicted octanol–water partition coefficient (Wildman–Crippen LogP) is 6.58. The monoisotopic (exact) mass is 310 g/mol. The third-order valence-electron chi connectivity index (χ3n) is 4.15. The number of hydrogen-bond acceptors (Lipinski definition) is 1. The van der Waals surface area contributed by atoms with Crippen LogP contribution in [-0.4, -0.2) is 0 Å². The highest BCUT2D eigenvalue weighted by Gasteiger charge is 2.01. The summed E-state index contributed by atoms with van der Waals surface area (Å²) in [6, 6.07) is 27.3. The van der Waals surface area contributed by atoms with Crippen LogP contribution in [0.15, 0.2) is 83.3 Å². The summed E-state index contributed by atoms with van der Waals surface area (Å²) in [4.78, 5) is 0. The third-order valence-corrected chi connectivity index (χ3v) is 4.15. The summed E-state index contributed by atoms with van der Waals surface area (Å²) in [5.74, 6) is 0.878. The fourth-order valence-electron chi connectivity index (χ4n) is 2.86. The van der Waals surface area contributed by atoms with Gasteiger partial charge in [-0.15, -0.1) is 0 Å². The zero-order valence-corrected chi connectivity index (χ0v) is 13.6. The summed E-state index contributed by atoms with van der Waals surface area (Å²) in [6.07, 6.45) is 4.10. The minimum atomic E-state index is 0.878. The van der Waals surface area contributed by atoms with Crippen LogP contribution < -0.4 is 0 Å². The highest BCUT2D eigenvalue weighted by atomic mass is 16.3. The molecule has 0 amide bonds. The molecule has 1 nitrogen and oxygen atoms in total. The Hall–Kier alpha value is -3.06. The van der Waals surface area contributed by atoms with Gasteiger partial charge in [0.15, 0.2) is 0 Å².